The van der Waals surface area contributed by atoms with Gasteiger partial charge < -0.3 is 15.0 Å². The summed E-state index contributed by atoms with van der Waals surface area (Å²) in [5.74, 6) is 0.408. The van der Waals surface area contributed by atoms with Gasteiger partial charge in [0.25, 0.3) is 0 Å². The Morgan fingerprint density at radius 1 is 1.29 bits per heavy atom. The van der Waals surface area contributed by atoms with Crippen LogP contribution < -0.4 is 5.32 Å². The van der Waals surface area contributed by atoms with Crippen molar-refractivity contribution in [1.29, 1.82) is 0 Å². The molecule has 1 saturated heterocycles. The standard InChI is InChI=1S/C24H34N2O2/c1-5-24(14-11-20(27)28-23(2,3)4)13-8-15-26-16-12-18-17-9-6-7-10-19(17)25-21(18)22(24)26/h6-7,9-10,18,25H,5,8,11-16H2,1-4H3. The first kappa shape index (κ1) is 19.4. The number of ether oxygens (including phenoxy) is 1. The van der Waals surface area contributed by atoms with Gasteiger partial charge in [-0.15, -0.1) is 0 Å². The third-order valence-electron chi connectivity index (χ3n) is 6.70. The van der Waals surface area contributed by atoms with Crippen molar-refractivity contribution in [2.24, 2.45) is 5.41 Å². The van der Waals surface area contributed by atoms with E-state index in [1.165, 1.54) is 35.5 Å². The number of carbonyl (C=O) groups excluding carboxylic acids is 1. The van der Waals surface area contributed by atoms with Crippen LogP contribution in [0.3, 0.4) is 0 Å². The van der Waals surface area contributed by atoms with E-state index in [0.29, 0.717) is 12.3 Å². The summed E-state index contributed by atoms with van der Waals surface area (Å²) in [5, 5.41) is 3.77. The van der Waals surface area contributed by atoms with Crippen molar-refractivity contribution in [3.63, 3.8) is 0 Å². The van der Waals surface area contributed by atoms with Crippen molar-refractivity contribution in [1.82, 2.24) is 4.90 Å². The zero-order valence-electron chi connectivity index (χ0n) is 17.8. The number of anilines is 1. The van der Waals surface area contributed by atoms with E-state index >= 15 is 0 Å². The Balaban J connectivity index is 1.65. The predicted octanol–water partition coefficient (Wildman–Crippen LogP) is 5.43. The van der Waals surface area contributed by atoms with Gasteiger partial charge >= 0.3 is 5.97 Å². The summed E-state index contributed by atoms with van der Waals surface area (Å²) in [6.45, 7) is 10.4. The van der Waals surface area contributed by atoms with E-state index in [9.17, 15) is 4.79 Å². The minimum Gasteiger partial charge on any atom is -0.460 e. The van der Waals surface area contributed by atoms with E-state index in [4.69, 9.17) is 4.74 Å². The topological polar surface area (TPSA) is 41.6 Å². The Bertz CT molecular complexity index is 792. The summed E-state index contributed by atoms with van der Waals surface area (Å²) < 4.78 is 5.61. The molecule has 4 nitrogen and oxygen atoms in total. The number of allylic oxidation sites excluding steroid dienone is 2. The largest absolute Gasteiger partial charge is 0.460 e. The molecule has 0 spiro atoms. The minimum atomic E-state index is -0.415. The number of piperidine rings is 1. The maximum Gasteiger partial charge on any atom is 0.306 e. The Labute approximate surface area is 169 Å². The maximum absolute atomic E-state index is 12.5. The fourth-order valence-corrected chi connectivity index (χ4v) is 5.46. The van der Waals surface area contributed by atoms with Gasteiger partial charge in [-0.2, -0.15) is 0 Å². The molecule has 1 N–H and O–H groups in total. The van der Waals surface area contributed by atoms with Crippen LogP contribution in [0.4, 0.5) is 5.69 Å². The Kier molecular flexibility index (Phi) is 4.93. The molecule has 2 atom stereocenters. The number of rotatable bonds is 4. The lowest BCUT2D eigenvalue weighted by Gasteiger charge is -2.50. The van der Waals surface area contributed by atoms with Gasteiger partial charge in [0, 0.05) is 47.9 Å². The van der Waals surface area contributed by atoms with Crippen LogP contribution >= 0.6 is 0 Å². The van der Waals surface area contributed by atoms with Crippen molar-refractivity contribution >= 4 is 11.7 Å². The van der Waals surface area contributed by atoms with Gasteiger partial charge in [0.1, 0.15) is 5.60 Å². The summed E-state index contributed by atoms with van der Waals surface area (Å²) in [6.07, 6.45) is 5.97. The normalized spacial score (nSPS) is 26.3. The number of hydrogen-bond acceptors (Lipinski definition) is 4. The molecule has 0 radical (unpaired) electrons. The molecule has 4 rings (SSSR count). The van der Waals surface area contributed by atoms with E-state index in [0.717, 1.165) is 32.4 Å². The molecule has 2 unspecified atom stereocenters. The van der Waals surface area contributed by atoms with E-state index < -0.39 is 5.60 Å². The molecule has 3 aliphatic heterocycles. The number of nitrogens with zero attached hydrogens (tertiary/aromatic N) is 1. The molecule has 0 aromatic heterocycles. The second-order valence-electron chi connectivity index (χ2n) is 9.63. The van der Waals surface area contributed by atoms with Crippen LogP contribution in [0.25, 0.3) is 0 Å². The number of benzene rings is 1. The maximum atomic E-state index is 12.5. The lowest BCUT2D eigenvalue weighted by Crippen LogP contribution is -2.45. The van der Waals surface area contributed by atoms with Crippen LogP contribution in [0.15, 0.2) is 35.7 Å². The fraction of sp³-hybridized carbons (Fsp3) is 0.625. The molecule has 0 bridgehead atoms. The number of hydrogen-bond donors (Lipinski definition) is 1. The number of carbonyl (C=O) groups is 1. The number of fused-ring (bicyclic) bond motifs is 4. The van der Waals surface area contributed by atoms with Gasteiger partial charge in [-0.05, 0) is 64.5 Å². The SMILES string of the molecule is CCC1(CCC(=O)OC(C)(C)C)CCCN2CCC3C(=C21)Nc1ccccc13. The van der Waals surface area contributed by atoms with Crippen LogP contribution in [0.1, 0.15) is 77.7 Å². The summed E-state index contributed by atoms with van der Waals surface area (Å²) >= 11 is 0. The quantitative estimate of drug-likeness (QED) is 0.706. The van der Waals surface area contributed by atoms with Crippen molar-refractivity contribution in [2.45, 2.75) is 77.7 Å². The summed E-state index contributed by atoms with van der Waals surface area (Å²) in [4.78, 5) is 15.1. The molecule has 1 aromatic rings. The monoisotopic (exact) mass is 382 g/mol. The van der Waals surface area contributed by atoms with Crippen LogP contribution in [-0.2, 0) is 9.53 Å². The second kappa shape index (κ2) is 7.13. The molecule has 1 aromatic carbocycles. The third kappa shape index (κ3) is 3.42. The number of nitrogens with one attached hydrogen (secondary N) is 1. The molecular weight excluding hydrogens is 348 g/mol. The minimum absolute atomic E-state index is 0.0677. The van der Waals surface area contributed by atoms with Gasteiger partial charge in [0.2, 0.25) is 0 Å². The lowest BCUT2D eigenvalue weighted by atomic mass is 9.68. The third-order valence-corrected chi connectivity index (χ3v) is 6.70. The number of para-hydroxylation sites is 1. The van der Waals surface area contributed by atoms with Gasteiger partial charge in [-0.25, -0.2) is 0 Å². The molecule has 1 fully saturated rings. The summed E-state index contributed by atoms with van der Waals surface area (Å²) in [5.41, 5.74) is 5.24. The van der Waals surface area contributed by atoms with Crippen LogP contribution in [-0.4, -0.2) is 29.6 Å². The smallest absolute Gasteiger partial charge is 0.306 e. The van der Waals surface area contributed by atoms with Crippen molar-refractivity contribution in [3.05, 3.63) is 41.2 Å². The zero-order chi connectivity index (χ0) is 19.9. The molecule has 0 aliphatic carbocycles. The van der Waals surface area contributed by atoms with E-state index in [2.05, 4.69) is 41.4 Å². The first-order chi connectivity index (χ1) is 13.3. The average molecular weight is 383 g/mol. The van der Waals surface area contributed by atoms with Crippen LogP contribution in [0.2, 0.25) is 0 Å². The van der Waals surface area contributed by atoms with Crippen molar-refractivity contribution in [2.75, 3.05) is 18.4 Å². The molecule has 3 aliphatic rings. The molecule has 0 amide bonds. The molecule has 0 saturated carbocycles. The molecule has 3 heterocycles. The molecular formula is C24H34N2O2. The highest BCUT2D eigenvalue weighted by Crippen LogP contribution is 2.54. The Morgan fingerprint density at radius 3 is 2.82 bits per heavy atom. The summed E-state index contributed by atoms with van der Waals surface area (Å²) in [7, 11) is 0. The first-order valence-electron chi connectivity index (χ1n) is 10.9. The van der Waals surface area contributed by atoms with Gasteiger partial charge in [-0.3, -0.25) is 4.79 Å². The van der Waals surface area contributed by atoms with E-state index in [1.54, 1.807) is 0 Å². The summed E-state index contributed by atoms with van der Waals surface area (Å²) in [6, 6.07) is 8.73. The highest BCUT2D eigenvalue weighted by molar-refractivity contribution is 5.70. The Hall–Kier alpha value is -1.97. The van der Waals surface area contributed by atoms with E-state index in [-0.39, 0.29) is 11.4 Å². The molecule has 4 heteroatoms. The predicted molar refractivity (Wildman–Crippen MR) is 113 cm³/mol. The van der Waals surface area contributed by atoms with Crippen molar-refractivity contribution < 1.29 is 9.53 Å². The Morgan fingerprint density at radius 2 is 2.07 bits per heavy atom. The number of esters is 1. The van der Waals surface area contributed by atoms with Gasteiger partial charge in [0.15, 0.2) is 0 Å². The highest BCUT2D eigenvalue weighted by Gasteiger charge is 2.46. The van der Waals surface area contributed by atoms with Gasteiger partial charge in [-0.1, -0.05) is 25.1 Å². The second-order valence-corrected chi connectivity index (χ2v) is 9.63. The fourth-order valence-electron chi connectivity index (χ4n) is 5.46. The van der Waals surface area contributed by atoms with Crippen molar-refractivity contribution in [3.8, 4) is 0 Å². The van der Waals surface area contributed by atoms with Crippen LogP contribution in [0.5, 0.6) is 0 Å². The molecule has 152 valence electrons. The molecule has 28 heavy (non-hydrogen) atoms. The lowest BCUT2D eigenvalue weighted by molar-refractivity contribution is -0.155. The zero-order valence-corrected chi connectivity index (χ0v) is 17.8. The van der Waals surface area contributed by atoms with Gasteiger partial charge in [0.05, 0.1) is 0 Å². The highest BCUT2D eigenvalue weighted by atomic mass is 16.6. The average Bonchev–Trinajstić information content (AvgIpc) is 3.03. The van der Waals surface area contributed by atoms with E-state index in [1.807, 2.05) is 20.8 Å². The van der Waals surface area contributed by atoms with Crippen LogP contribution in [0, 0.1) is 5.41 Å². The first-order valence-corrected chi connectivity index (χ1v) is 10.9.